The Labute approximate surface area is 195 Å². The van der Waals surface area contributed by atoms with Gasteiger partial charge in [-0.1, -0.05) is 64.0 Å². The molecule has 0 amide bonds. The zero-order valence-corrected chi connectivity index (χ0v) is 19.3. The SMILES string of the molecule is CCCCCCCCCCOc1ccc(C(=O)c2cccc(C(=O)O)c2)cc1CCC(=O)O. The van der Waals surface area contributed by atoms with Gasteiger partial charge in [-0.2, -0.15) is 0 Å². The molecule has 2 aromatic carbocycles. The van der Waals surface area contributed by atoms with Crippen LogP contribution in [0.5, 0.6) is 5.75 Å². The first-order valence-electron chi connectivity index (χ1n) is 11.8. The molecule has 0 atom stereocenters. The normalized spacial score (nSPS) is 10.7. The second kappa shape index (κ2) is 14.1. The number of rotatable bonds is 16. The molecule has 0 bridgehead atoms. The van der Waals surface area contributed by atoms with Gasteiger partial charge in [-0.3, -0.25) is 9.59 Å². The number of carboxylic acids is 2. The summed E-state index contributed by atoms with van der Waals surface area (Å²) in [6.45, 7) is 2.75. The van der Waals surface area contributed by atoms with Crippen molar-refractivity contribution in [1.82, 2.24) is 0 Å². The molecule has 6 heteroatoms. The monoisotopic (exact) mass is 454 g/mol. The molecule has 0 radical (unpaired) electrons. The van der Waals surface area contributed by atoms with Crippen molar-refractivity contribution in [1.29, 1.82) is 0 Å². The Morgan fingerprint density at radius 2 is 1.42 bits per heavy atom. The molecule has 2 N–H and O–H groups in total. The average Bonchev–Trinajstić information content (AvgIpc) is 2.81. The summed E-state index contributed by atoms with van der Waals surface area (Å²) in [4.78, 5) is 35.2. The van der Waals surface area contributed by atoms with Gasteiger partial charge in [0.1, 0.15) is 5.75 Å². The highest BCUT2D eigenvalue weighted by atomic mass is 16.5. The number of hydrogen-bond donors (Lipinski definition) is 2. The van der Waals surface area contributed by atoms with E-state index in [9.17, 15) is 14.4 Å². The lowest BCUT2D eigenvalue weighted by atomic mass is 9.98. The van der Waals surface area contributed by atoms with E-state index < -0.39 is 11.9 Å². The van der Waals surface area contributed by atoms with Crippen LogP contribution in [0.25, 0.3) is 0 Å². The Morgan fingerprint density at radius 1 is 0.788 bits per heavy atom. The van der Waals surface area contributed by atoms with E-state index in [2.05, 4.69) is 6.92 Å². The molecule has 0 saturated carbocycles. The van der Waals surface area contributed by atoms with Gasteiger partial charge in [0, 0.05) is 17.5 Å². The molecule has 0 fully saturated rings. The smallest absolute Gasteiger partial charge is 0.335 e. The topological polar surface area (TPSA) is 101 Å². The maximum Gasteiger partial charge on any atom is 0.335 e. The summed E-state index contributed by atoms with van der Waals surface area (Å²) in [7, 11) is 0. The van der Waals surface area contributed by atoms with E-state index in [4.69, 9.17) is 14.9 Å². The van der Waals surface area contributed by atoms with Crippen molar-refractivity contribution in [3.63, 3.8) is 0 Å². The summed E-state index contributed by atoms with van der Waals surface area (Å²) in [6, 6.07) is 10.9. The third-order valence-corrected chi connectivity index (χ3v) is 5.56. The number of ketones is 1. The van der Waals surface area contributed by atoms with E-state index in [1.54, 1.807) is 24.3 Å². The number of carbonyl (C=O) groups is 3. The minimum atomic E-state index is -1.10. The number of carbonyl (C=O) groups excluding carboxylic acids is 1. The second-order valence-electron chi connectivity index (χ2n) is 8.25. The molecule has 0 aliphatic carbocycles. The van der Waals surface area contributed by atoms with E-state index in [-0.39, 0.29) is 29.8 Å². The standard InChI is InChI=1S/C27H34O6/c1-2-3-4-5-6-7-8-9-17-33-24-15-13-22(18-20(24)14-16-25(28)29)26(30)21-11-10-12-23(19-21)27(31)32/h10-13,15,18-19H,2-9,14,16-17H2,1H3,(H,28,29)(H,31,32). The Hall–Kier alpha value is -3.15. The molecule has 0 aliphatic heterocycles. The summed E-state index contributed by atoms with van der Waals surface area (Å²) in [6.07, 6.45) is 9.74. The van der Waals surface area contributed by atoms with Crippen molar-refractivity contribution in [3.8, 4) is 5.75 Å². The first-order chi connectivity index (χ1) is 15.9. The lowest BCUT2D eigenvalue weighted by Crippen LogP contribution is -2.07. The van der Waals surface area contributed by atoms with Crippen LogP contribution in [-0.4, -0.2) is 34.5 Å². The highest BCUT2D eigenvalue weighted by Crippen LogP contribution is 2.24. The van der Waals surface area contributed by atoms with Crippen molar-refractivity contribution in [3.05, 3.63) is 64.7 Å². The molecule has 2 aromatic rings. The Morgan fingerprint density at radius 3 is 2.09 bits per heavy atom. The van der Waals surface area contributed by atoms with Crippen LogP contribution in [0.4, 0.5) is 0 Å². The largest absolute Gasteiger partial charge is 0.493 e. The molecule has 0 aromatic heterocycles. The summed E-state index contributed by atoms with van der Waals surface area (Å²) in [5.74, 6) is -1.74. The fourth-order valence-electron chi connectivity index (χ4n) is 3.68. The Kier molecular flexibility index (Phi) is 11.1. The van der Waals surface area contributed by atoms with Crippen LogP contribution in [0.15, 0.2) is 42.5 Å². The van der Waals surface area contributed by atoms with Gasteiger partial charge in [0.15, 0.2) is 5.78 Å². The number of hydrogen-bond acceptors (Lipinski definition) is 4. The number of carboxylic acid groups (broad SMARTS) is 2. The van der Waals surface area contributed by atoms with Gasteiger partial charge < -0.3 is 14.9 Å². The number of ether oxygens (including phenoxy) is 1. The maximum absolute atomic E-state index is 12.9. The van der Waals surface area contributed by atoms with Gasteiger partial charge in [-0.05, 0) is 48.7 Å². The van der Waals surface area contributed by atoms with Crippen LogP contribution in [0.2, 0.25) is 0 Å². The molecule has 0 aliphatic rings. The van der Waals surface area contributed by atoms with Crippen molar-refractivity contribution < 1.29 is 29.3 Å². The van der Waals surface area contributed by atoms with E-state index in [1.165, 1.54) is 56.7 Å². The van der Waals surface area contributed by atoms with Crippen LogP contribution in [-0.2, 0) is 11.2 Å². The second-order valence-corrected chi connectivity index (χ2v) is 8.25. The number of aromatic carboxylic acids is 1. The first kappa shape index (κ1) is 26.1. The maximum atomic E-state index is 12.9. The van der Waals surface area contributed by atoms with Gasteiger partial charge in [0.2, 0.25) is 0 Å². The molecule has 2 rings (SSSR count). The summed E-state index contributed by atoms with van der Waals surface area (Å²) >= 11 is 0. The minimum absolute atomic E-state index is 0.0391. The molecule has 33 heavy (non-hydrogen) atoms. The molecular weight excluding hydrogens is 420 g/mol. The molecule has 0 unspecified atom stereocenters. The average molecular weight is 455 g/mol. The van der Waals surface area contributed by atoms with Gasteiger partial charge in [-0.15, -0.1) is 0 Å². The van der Waals surface area contributed by atoms with Gasteiger partial charge >= 0.3 is 11.9 Å². The molecule has 178 valence electrons. The van der Waals surface area contributed by atoms with Crippen molar-refractivity contribution in [2.24, 2.45) is 0 Å². The zero-order valence-electron chi connectivity index (χ0n) is 19.3. The quantitative estimate of drug-likeness (QED) is 0.233. The summed E-state index contributed by atoms with van der Waals surface area (Å²) in [5.41, 5.74) is 1.35. The number of aliphatic carboxylic acids is 1. The molecular formula is C27H34O6. The third kappa shape index (κ3) is 9.08. The number of aryl methyl sites for hydroxylation is 1. The van der Waals surface area contributed by atoms with E-state index in [0.717, 1.165) is 12.8 Å². The van der Waals surface area contributed by atoms with Crippen molar-refractivity contribution in [2.45, 2.75) is 71.1 Å². The van der Waals surface area contributed by atoms with Crippen LogP contribution in [0.1, 0.15) is 96.6 Å². The molecule has 0 heterocycles. The fraction of sp³-hybridized carbons (Fsp3) is 0.444. The highest BCUT2D eigenvalue weighted by molar-refractivity contribution is 6.10. The van der Waals surface area contributed by atoms with Crippen LogP contribution in [0.3, 0.4) is 0 Å². The first-order valence-corrected chi connectivity index (χ1v) is 11.8. The van der Waals surface area contributed by atoms with Crippen LogP contribution >= 0.6 is 0 Å². The van der Waals surface area contributed by atoms with Crippen molar-refractivity contribution >= 4 is 17.7 Å². The van der Waals surface area contributed by atoms with Crippen LogP contribution in [0, 0.1) is 0 Å². The van der Waals surface area contributed by atoms with Crippen molar-refractivity contribution in [2.75, 3.05) is 6.61 Å². The molecule has 6 nitrogen and oxygen atoms in total. The molecule has 0 saturated heterocycles. The van der Waals surface area contributed by atoms with Crippen LogP contribution < -0.4 is 4.74 Å². The summed E-state index contributed by atoms with van der Waals surface area (Å²) < 4.78 is 5.92. The lowest BCUT2D eigenvalue weighted by molar-refractivity contribution is -0.136. The predicted octanol–water partition coefficient (Wildman–Crippen LogP) is 6.15. The van der Waals surface area contributed by atoms with Gasteiger partial charge in [-0.25, -0.2) is 4.79 Å². The van der Waals surface area contributed by atoms with E-state index in [1.807, 2.05) is 0 Å². The Balaban J connectivity index is 2.01. The van der Waals surface area contributed by atoms with E-state index in [0.29, 0.717) is 23.5 Å². The fourth-order valence-corrected chi connectivity index (χ4v) is 3.68. The predicted molar refractivity (Wildman–Crippen MR) is 127 cm³/mol. The minimum Gasteiger partial charge on any atom is -0.493 e. The van der Waals surface area contributed by atoms with Gasteiger partial charge in [0.05, 0.1) is 12.2 Å². The third-order valence-electron chi connectivity index (χ3n) is 5.56. The highest BCUT2D eigenvalue weighted by Gasteiger charge is 2.15. The van der Waals surface area contributed by atoms with Gasteiger partial charge in [0.25, 0.3) is 0 Å². The zero-order chi connectivity index (χ0) is 24.1. The lowest BCUT2D eigenvalue weighted by Gasteiger charge is -2.13. The number of unbranched alkanes of at least 4 members (excludes halogenated alkanes) is 7. The summed E-state index contributed by atoms with van der Waals surface area (Å²) in [5, 5.41) is 18.3. The van der Waals surface area contributed by atoms with E-state index >= 15 is 0 Å². The Bertz CT molecular complexity index is 934. The number of benzene rings is 2. The molecule has 0 spiro atoms.